The zero-order valence-corrected chi connectivity index (χ0v) is 13.7. The Morgan fingerprint density at radius 3 is 2.40 bits per heavy atom. The lowest BCUT2D eigenvalue weighted by molar-refractivity contribution is -0.161. The van der Waals surface area contributed by atoms with Crippen molar-refractivity contribution in [1.29, 1.82) is 0 Å². The first-order chi connectivity index (χ1) is 11.6. The van der Waals surface area contributed by atoms with Crippen LogP contribution in [-0.4, -0.2) is 5.97 Å². The van der Waals surface area contributed by atoms with E-state index in [9.17, 15) is 26.7 Å². The molecule has 2 saturated carbocycles. The van der Waals surface area contributed by atoms with Gasteiger partial charge in [0.15, 0.2) is 23.3 Å². The van der Waals surface area contributed by atoms with Gasteiger partial charge < -0.3 is 4.74 Å². The molecule has 0 amide bonds. The third-order valence-corrected chi connectivity index (χ3v) is 5.17. The molecule has 0 heterocycles. The zero-order chi connectivity index (χ0) is 18.5. The summed E-state index contributed by atoms with van der Waals surface area (Å²) in [6.45, 7) is 3.65. The van der Waals surface area contributed by atoms with Crippen molar-refractivity contribution in [2.75, 3.05) is 0 Å². The Balaban J connectivity index is 1.73. The van der Waals surface area contributed by atoms with Gasteiger partial charge in [0.05, 0.1) is 11.5 Å². The molecule has 3 atom stereocenters. The first-order valence-electron chi connectivity index (χ1n) is 8.01. The number of allylic oxidation sites excluding steroid dienone is 2. The second-order valence-corrected chi connectivity index (χ2v) is 7.15. The molecule has 0 bridgehead atoms. The van der Waals surface area contributed by atoms with Crippen LogP contribution in [0.3, 0.4) is 0 Å². The maximum atomic E-state index is 14.1. The molecule has 0 N–H and O–H groups in total. The van der Waals surface area contributed by atoms with Gasteiger partial charge >= 0.3 is 5.97 Å². The van der Waals surface area contributed by atoms with Crippen molar-refractivity contribution in [1.82, 2.24) is 0 Å². The highest BCUT2D eigenvalue weighted by Crippen LogP contribution is 2.60. The lowest BCUT2D eigenvalue weighted by Gasteiger charge is -2.16. The minimum atomic E-state index is -2.72. The van der Waals surface area contributed by atoms with E-state index < -0.39 is 52.5 Å². The van der Waals surface area contributed by atoms with Gasteiger partial charge in [-0.1, -0.05) is 25.5 Å². The molecule has 3 unspecified atom stereocenters. The van der Waals surface area contributed by atoms with Crippen molar-refractivity contribution >= 4 is 5.97 Å². The summed E-state index contributed by atoms with van der Waals surface area (Å²) in [5.74, 6) is -9.51. The summed E-state index contributed by atoms with van der Waals surface area (Å²) in [7, 11) is 0. The highest BCUT2D eigenvalue weighted by molar-refractivity contribution is 5.78. The normalized spacial score (nSPS) is 25.2. The molecule has 136 valence electrons. The number of rotatable bonds is 4. The van der Waals surface area contributed by atoms with Gasteiger partial charge in [-0.3, -0.25) is 4.79 Å². The SMILES string of the molecule is CC1(C)C(C=C2CCC2)C1C(=O)OC(F)c1cc(F)c(F)c(F)c1F. The topological polar surface area (TPSA) is 26.3 Å². The smallest absolute Gasteiger partial charge is 0.312 e. The largest absolute Gasteiger partial charge is 0.426 e. The lowest BCUT2D eigenvalue weighted by Crippen LogP contribution is -2.15. The quantitative estimate of drug-likeness (QED) is 0.244. The first-order valence-corrected chi connectivity index (χ1v) is 8.01. The molecule has 0 aromatic heterocycles. The molecule has 1 aromatic rings. The second-order valence-electron chi connectivity index (χ2n) is 7.15. The Morgan fingerprint density at radius 1 is 1.20 bits per heavy atom. The van der Waals surface area contributed by atoms with Gasteiger partial charge in [-0.2, -0.15) is 4.39 Å². The van der Waals surface area contributed by atoms with Gasteiger partial charge in [0.2, 0.25) is 0 Å². The molecule has 2 aliphatic carbocycles. The monoisotopic (exact) mass is 360 g/mol. The number of hydrogen-bond acceptors (Lipinski definition) is 2. The molecule has 0 spiro atoms. The van der Waals surface area contributed by atoms with Crippen molar-refractivity contribution < 1.29 is 31.5 Å². The number of hydrogen-bond donors (Lipinski definition) is 0. The highest BCUT2D eigenvalue weighted by atomic mass is 19.2. The first kappa shape index (κ1) is 17.9. The zero-order valence-electron chi connectivity index (χ0n) is 13.7. The maximum absolute atomic E-state index is 14.1. The van der Waals surface area contributed by atoms with E-state index >= 15 is 0 Å². The summed E-state index contributed by atoms with van der Waals surface area (Å²) >= 11 is 0. The summed E-state index contributed by atoms with van der Waals surface area (Å²) in [6.07, 6.45) is 2.31. The molecule has 2 fully saturated rings. The molecule has 25 heavy (non-hydrogen) atoms. The van der Waals surface area contributed by atoms with Crippen LogP contribution in [0.1, 0.15) is 45.0 Å². The molecule has 7 heteroatoms. The predicted molar refractivity (Wildman–Crippen MR) is 78.9 cm³/mol. The van der Waals surface area contributed by atoms with E-state index in [1.165, 1.54) is 5.57 Å². The summed E-state index contributed by atoms with van der Waals surface area (Å²) in [5, 5.41) is 0. The van der Waals surface area contributed by atoms with Crippen LogP contribution in [0.15, 0.2) is 17.7 Å². The Kier molecular flexibility index (Phi) is 4.37. The Hall–Kier alpha value is -1.92. The van der Waals surface area contributed by atoms with Gasteiger partial charge in [0, 0.05) is 0 Å². The molecule has 2 nitrogen and oxygen atoms in total. The van der Waals surface area contributed by atoms with Gasteiger partial charge in [0.25, 0.3) is 6.36 Å². The van der Waals surface area contributed by atoms with E-state index in [1.807, 2.05) is 19.9 Å². The molecule has 2 aliphatic rings. The number of esters is 1. The van der Waals surface area contributed by atoms with Crippen LogP contribution in [0.25, 0.3) is 0 Å². The fraction of sp³-hybridized carbons (Fsp3) is 0.500. The van der Waals surface area contributed by atoms with Crippen molar-refractivity contribution in [3.8, 4) is 0 Å². The van der Waals surface area contributed by atoms with Crippen LogP contribution in [-0.2, 0) is 9.53 Å². The van der Waals surface area contributed by atoms with Crippen molar-refractivity contribution in [3.05, 3.63) is 46.5 Å². The Labute approximate surface area is 141 Å². The average Bonchev–Trinajstić information content (AvgIpc) is 3.05. The molecular formula is C18H17F5O2. The van der Waals surface area contributed by atoms with Gasteiger partial charge in [-0.25, -0.2) is 17.6 Å². The molecule has 3 rings (SSSR count). The predicted octanol–water partition coefficient (Wildman–Crippen LogP) is 5.14. The summed E-state index contributed by atoms with van der Waals surface area (Å²) in [6, 6.07) is 0.150. The van der Waals surface area contributed by atoms with Crippen LogP contribution >= 0.6 is 0 Å². The van der Waals surface area contributed by atoms with Crippen molar-refractivity contribution in [3.63, 3.8) is 0 Å². The minimum absolute atomic E-state index is 0.117. The summed E-state index contributed by atoms with van der Waals surface area (Å²) in [5.41, 5.74) is -0.381. The van der Waals surface area contributed by atoms with E-state index in [0.29, 0.717) is 0 Å². The number of carbonyl (C=O) groups is 1. The number of carbonyl (C=O) groups excluding carboxylic acids is 1. The van der Waals surface area contributed by atoms with Crippen LogP contribution in [0.2, 0.25) is 0 Å². The molecule has 0 saturated heterocycles. The Morgan fingerprint density at radius 2 is 1.84 bits per heavy atom. The fourth-order valence-electron chi connectivity index (χ4n) is 3.24. The number of halogens is 5. The van der Waals surface area contributed by atoms with E-state index in [4.69, 9.17) is 0 Å². The second kappa shape index (κ2) is 6.11. The van der Waals surface area contributed by atoms with Crippen LogP contribution in [0, 0.1) is 40.5 Å². The molecular weight excluding hydrogens is 343 g/mol. The number of benzene rings is 1. The summed E-state index contributed by atoms with van der Waals surface area (Å²) < 4.78 is 71.5. The van der Waals surface area contributed by atoms with E-state index in [2.05, 4.69) is 4.74 Å². The van der Waals surface area contributed by atoms with E-state index in [-0.39, 0.29) is 12.0 Å². The fourth-order valence-corrected chi connectivity index (χ4v) is 3.24. The van der Waals surface area contributed by atoms with Crippen molar-refractivity contribution in [2.24, 2.45) is 17.3 Å². The number of ether oxygens (including phenoxy) is 1. The summed E-state index contributed by atoms with van der Waals surface area (Å²) in [4.78, 5) is 12.2. The standard InChI is InChI=1S/C18H17F5O2/c1-18(2)10(6-8-4-3-5-8)12(18)17(24)25-16(23)9-7-11(19)14(21)15(22)13(9)20/h6-7,10,12,16H,3-5H2,1-2H3. The minimum Gasteiger partial charge on any atom is -0.426 e. The number of alkyl halides is 1. The van der Waals surface area contributed by atoms with Crippen LogP contribution in [0.5, 0.6) is 0 Å². The van der Waals surface area contributed by atoms with Crippen molar-refractivity contribution in [2.45, 2.75) is 39.5 Å². The third kappa shape index (κ3) is 3.04. The lowest BCUT2D eigenvalue weighted by atomic mass is 9.90. The van der Waals surface area contributed by atoms with E-state index in [1.54, 1.807) is 0 Å². The average molecular weight is 360 g/mol. The Bertz CT molecular complexity index is 750. The third-order valence-electron chi connectivity index (χ3n) is 5.17. The van der Waals surface area contributed by atoms with Gasteiger partial charge in [-0.05, 0) is 36.7 Å². The highest BCUT2D eigenvalue weighted by Gasteiger charge is 2.62. The molecule has 1 aromatic carbocycles. The molecule has 0 aliphatic heterocycles. The van der Waals surface area contributed by atoms with Crippen LogP contribution < -0.4 is 0 Å². The van der Waals surface area contributed by atoms with Gasteiger partial charge in [0.1, 0.15) is 0 Å². The van der Waals surface area contributed by atoms with Crippen LogP contribution in [0.4, 0.5) is 22.0 Å². The van der Waals surface area contributed by atoms with E-state index in [0.717, 1.165) is 19.3 Å². The maximum Gasteiger partial charge on any atom is 0.312 e. The molecule has 0 radical (unpaired) electrons. The van der Waals surface area contributed by atoms with Gasteiger partial charge in [-0.15, -0.1) is 0 Å².